The Morgan fingerprint density at radius 2 is 2.12 bits per heavy atom. The molecule has 4 nitrogen and oxygen atoms in total. The van der Waals surface area contributed by atoms with E-state index in [2.05, 4.69) is 0 Å². The van der Waals surface area contributed by atoms with Crippen LogP contribution in [0.1, 0.15) is 6.42 Å². The third-order valence-electron chi connectivity index (χ3n) is 2.68. The molecule has 16 heavy (non-hydrogen) atoms. The first-order valence-electron chi connectivity index (χ1n) is 4.82. The van der Waals surface area contributed by atoms with Gasteiger partial charge in [0.05, 0.1) is 16.5 Å². The van der Waals surface area contributed by atoms with E-state index in [1.54, 1.807) is 18.2 Å². The number of hydrogen-bond donors (Lipinski definition) is 1. The number of rotatable bonds is 1. The van der Waals surface area contributed by atoms with Crippen LogP contribution >= 0.6 is 0 Å². The Balaban J connectivity index is 2.55. The van der Waals surface area contributed by atoms with E-state index in [0.29, 0.717) is 5.57 Å². The number of nitrogens with one attached hydrogen (secondary N) is 1. The van der Waals surface area contributed by atoms with Gasteiger partial charge in [0.1, 0.15) is 0 Å². The molecule has 0 aromatic heterocycles. The summed E-state index contributed by atoms with van der Waals surface area (Å²) in [4.78, 5) is 11.9. The van der Waals surface area contributed by atoms with Crippen molar-refractivity contribution in [2.75, 3.05) is 6.26 Å². The molecule has 0 aromatic rings. The molecule has 0 amide bonds. The number of hydrogen-bond acceptors (Lipinski definition) is 4. The summed E-state index contributed by atoms with van der Waals surface area (Å²) >= 11 is 0. The summed E-state index contributed by atoms with van der Waals surface area (Å²) in [6.07, 6.45) is 7.70. The lowest BCUT2D eigenvalue weighted by Gasteiger charge is -2.24. The number of ketones is 1. The Bertz CT molecular complexity index is 564. The average molecular weight is 237 g/mol. The van der Waals surface area contributed by atoms with Crippen molar-refractivity contribution in [2.45, 2.75) is 6.42 Å². The molecule has 0 aliphatic heterocycles. The molecule has 1 N–H and O–H groups in total. The maximum atomic E-state index is 11.7. The Hall–Kier alpha value is -1.49. The summed E-state index contributed by atoms with van der Waals surface area (Å²) in [5, 5.41) is 7.44. The van der Waals surface area contributed by atoms with E-state index in [9.17, 15) is 13.2 Å². The normalized spacial score (nSPS) is 24.9. The van der Waals surface area contributed by atoms with Crippen LogP contribution in [0, 0.1) is 11.3 Å². The monoisotopic (exact) mass is 237 g/mol. The van der Waals surface area contributed by atoms with Crippen molar-refractivity contribution in [2.24, 2.45) is 5.92 Å². The summed E-state index contributed by atoms with van der Waals surface area (Å²) in [6.45, 7) is 0. The Kier molecular flexibility index (Phi) is 2.42. The van der Waals surface area contributed by atoms with Gasteiger partial charge in [0.2, 0.25) is 0 Å². The van der Waals surface area contributed by atoms with E-state index in [-0.39, 0.29) is 22.8 Å². The molecule has 0 fully saturated rings. The van der Waals surface area contributed by atoms with Crippen molar-refractivity contribution in [1.82, 2.24) is 0 Å². The van der Waals surface area contributed by atoms with Crippen molar-refractivity contribution in [1.29, 1.82) is 5.41 Å². The highest BCUT2D eigenvalue weighted by atomic mass is 32.2. The Labute approximate surface area is 93.8 Å². The highest BCUT2D eigenvalue weighted by molar-refractivity contribution is 7.94. The maximum Gasteiger partial charge on any atom is 0.187 e. The number of Topliss-reactive ketones (excluding diaryl/α,β-unsaturated/α-hetero) is 1. The van der Waals surface area contributed by atoms with E-state index in [0.717, 1.165) is 6.26 Å². The third kappa shape index (κ3) is 1.67. The second-order valence-electron chi connectivity index (χ2n) is 3.87. The summed E-state index contributed by atoms with van der Waals surface area (Å²) in [7, 11) is -3.32. The topological polar surface area (TPSA) is 75.1 Å². The van der Waals surface area contributed by atoms with Crippen LogP contribution in [0.2, 0.25) is 0 Å². The standard InChI is InChI=1S/C11H11NO3S/c1-16(14,15)10-4-2-3-8-7(10)5-6-9(12)11(8)13/h2-5,8,12H,6H2,1H3. The van der Waals surface area contributed by atoms with Crippen LogP contribution in [-0.4, -0.2) is 26.2 Å². The molecular formula is C11H11NO3S. The summed E-state index contributed by atoms with van der Waals surface area (Å²) in [5.74, 6) is -0.890. The largest absolute Gasteiger partial charge is 0.301 e. The van der Waals surface area contributed by atoms with Crippen LogP contribution in [-0.2, 0) is 14.6 Å². The number of fused-ring (bicyclic) bond motifs is 1. The minimum Gasteiger partial charge on any atom is -0.301 e. The molecular weight excluding hydrogens is 226 g/mol. The molecule has 84 valence electrons. The molecule has 0 spiro atoms. The fourth-order valence-corrected chi connectivity index (χ4v) is 2.87. The number of allylic oxidation sites excluding steroid dienone is 5. The molecule has 2 rings (SSSR count). The minimum atomic E-state index is -3.32. The molecule has 0 radical (unpaired) electrons. The molecule has 1 unspecified atom stereocenters. The summed E-state index contributed by atoms with van der Waals surface area (Å²) in [6, 6.07) is 0. The van der Waals surface area contributed by atoms with E-state index in [4.69, 9.17) is 5.41 Å². The van der Waals surface area contributed by atoms with Crippen LogP contribution in [0.3, 0.4) is 0 Å². The number of sulfone groups is 1. The predicted octanol–water partition coefficient (Wildman–Crippen LogP) is 1.02. The molecule has 0 aromatic carbocycles. The van der Waals surface area contributed by atoms with Crippen molar-refractivity contribution in [3.05, 3.63) is 34.8 Å². The molecule has 2 aliphatic carbocycles. The smallest absolute Gasteiger partial charge is 0.187 e. The van der Waals surface area contributed by atoms with Gasteiger partial charge in [0, 0.05) is 12.7 Å². The van der Waals surface area contributed by atoms with Crippen LogP contribution < -0.4 is 0 Å². The van der Waals surface area contributed by atoms with Gasteiger partial charge < -0.3 is 5.41 Å². The molecule has 0 bridgehead atoms. The van der Waals surface area contributed by atoms with Gasteiger partial charge in [-0.2, -0.15) is 0 Å². The van der Waals surface area contributed by atoms with E-state index >= 15 is 0 Å². The van der Waals surface area contributed by atoms with Crippen molar-refractivity contribution in [3.63, 3.8) is 0 Å². The first kappa shape index (κ1) is 11.0. The molecule has 0 saturated carbocycles. The van der Waals surface area contributed by atoms with Gasteiger partial charge in [-0.25, -0.2) is 8.42 Å². The zero-order chi connectivity index (χ0) is 11.9. The zero-order valence-electron chi connectivity index (χ0n) is 8.73. The van der Waals surface area contributed by atoms with Crippen molar-refractivity contribution < 1.29 is 13.2 Å². The molecule has 5 heteroatoms. The third-order valence-corrected chi connectivity index (χ3v) is 3.85. The Morgan fingerprint density at radius 3 is 2.75 bits per heavy atom. The highest BCUT2D eigenvalue weighted by Crippen LogP contribution is 2.33. The van der Waals surface area contributed by atoms with Gasteiger partial charge in [0.25, 0.3) is 0 Å². The maximum absolute atomic E-state index is 11.7. The van der Waals surface area contributed by atoms with Crippen molar-refractivity contribution in [3.8, 4) is 0 Å². The van der Waals surface area contributed by atoms with Gasteiger partial charge in [0.15, 0.2) is 15.6 Å². The second kappa shape index (κ2) is 3.52. The number of carbonyl (C=O) groups excluding carboxylic acids is 1. The zero-order valence-corrected chi connectivity index (χ0v) is 9.54. The minimum absolute atomic E-state index is 0.0353. The fourth-order valence-electron chi connectivity index (χ4n) is 1.90. The lowest BCUT2D eigenvalue weighted by Crippen LogP contribution is -2.30. The SMILES string of the molecule is CS(=O)(=O)C1=CC=CC2C(=O)C(=N)CC=C12. The van der Waals surface area contributed by atoms with Crippen LogP contribution in [0.4, 0.5) is 0 Å². The predicted molar refractivity (Wildman–Crippen MR) is 61.0 cm³/mol. The van der Waals surface area contributed by atoms with Gasteiger partial charge in [-0.1, -0.05) is 18.2 Å². The van der Waals surface area contributed by atoms with E-state index < -0.39 is 15.8 Å². The van der Waals surface area contributed by atoms with Crippen LogP contribution in [0.5, 0.6) is 0 Å². The van der Waals surface area contributed by atoms with Crippen molar-refractivity contribution >= 4 is 21.3 Å². The van der Waals surface area contributed by atoms with E-state index in [1.165, 1.54) is 6.08 Å². The fraction of sp³-hybridized carbons (Fsp3) is 0.273. The first-order chi connectivity index (χ1) is 7.41. The Morgan fingerprint density at radius 1 is 1.44 bits per heavy atom. The first-order valence-corrected chi connectivity index (χ1v) is 6.71. The molecule has 1 atom stereocenters. The molecule has 2 aliphatic rings. The van der Waals surface area contributed by atoms with Crippen LogP contribution in [0.15, 0.2) is 34.8 Å². The van der Waals surface area contributed by atoms with Crippen LogP contribution in [0.25, 0.3) is 0 Å². The van der Waals surface area contributed by atoms with Gasteiger partial charge in [-0.05, 0) is 11.6 Å². The van der Waals surface area contributed by atoms with Gasteiger partial charge in [-0.15, -0.1) is 0 Å². The van der Waals surface area contributed by atoms with Gasteiger partial charge in [-0.3, -0.25) is 4.79 Å². The van der Waals surface area contributed by atoms with E-state index in [1.807, 2.05) is 0 Å². The average Bonchev–Trinajstić information content (AvgIpc) is 2.21. The highest BCUT2D eigenvalue weighted by Gasteiger charge is 2.33. The lowest BCUT2D eigenvalue weighted by atomic mass is 9.83. The second-order valence-corrected chi connectivity index (χ2v) is 5.86. The molecule has 0 saturated heterocycles. The molecule has 0 heterocycles. The number of carbonyl (C=O) groups is 1. The lowest BCUT2D eigenvalue weighted by molar-refractivity contribution is -0.114. The summed E-state index contributed by atoms with van der Waals surface area (Å²) < 4.78 is 23.0. The van der Waals surface area contributed by atoms with Gasteiger partial charge >= 0.3 is 0 Å². The summed E-state index contributed by atoms with van der Waals surface area (Å²) in [5.41, 5.74) is 0.555. The quantitative estimate of drug-likeness (QED) is 0.739.